The van der Waals surface area contributed by atoms with E-state index in [1.807, 2.05) is 31.2 Å². The maximum Gasteiger partial charge on any atom is 0.208 e. The van der Waals surface area contributed by atoms with Crippen molar-refractivity contribution >= 4 is 24.1 Å². The summed E-state index contributed by atoms with van der Waals surface area (Å²) >= 11 is 0. The summed E-state index contributed by atoms with van der Waals surface area (Å²) in [7, 11) is 0. The van der Waals surface area contributed by atoms with Crippen LogP contribution in [0.2, 0.25) is 0 Å². The monoisotopic (exact) mass is 200 g/mol. The number of hydrazine groups is 1. The van der Waals surface area contributed by atoms with Crippen molar-refractivity contribution in [2.45, 2.75) is 6.92 Å². The summed E-state index contributed by atoms with van der Waals surface area (Å²) in [4.78, 5) is 3.98. The zero-order chi connectivity index (χ0) is 8.97. The first kappa shape index (κ1) is 11.7. The molecule has 5 heteroatoms. The van der Waals surface area contributed by atoms with Crippen molar-refractivity contribution in [3.05, 3.63) is 29.8 Å². The van der Waals surface area contributed by atoms with Crippen LogP contribution in [0.25, 0.3) is 0 Å². The Balaban J connectivity index is 0.00000144. The van der Waals surface area contributed by atoms with Gasteiger partial charge in [-0.25, -0.2) is 10.8 Å². The normalized spacial score (nSPS) is 10.5. The molecule has 72 valence electrons. The first-order valence-corrected chi connectivity index (χ1v) is 3.60. The largest absolute Gasteiger partial charge is 0.369 e. The number of nitrogens with zero attached hydrogens (tertiary/aromatic N) is 1. The van der Waals surface area contributed by atoms with E-state index < -0.39 is 0 Å². The first-order chi connectivity index (χ1) is 5.72. The van der Waals surface area contributed by atoms with Gasteiger partial charge in [-0.05, 0) is 19.1 Å². The number of benzene rings is 1. The van der Waals surface area contributed by atoms with Crippen LogP contribution in [0.5, 0.6) is 0 Å². The third-order valence-corrected chi connectivity index (χ3v) is 1.43. The highest BCUT2D eigenvalue weighted by atomic mass is 35.5. The fraction of sp³-hybridized carbons (Fsp3) is 0.125. The van der Waals surface area contributed by atoms with Gasteiger partial charge >= 0.3 is 0 Å². The Hall–Kier alpha value is -1.26. The Morgan fingerprint density at radius 1 is 1.31 bits per heavy atom. The lowest BCUT2D eigenvalue weighted by atomic mass is 10.2. The van der Waals surface area contributed by atoms with Gasteiger partial charge in [0.15, 0.2) is 0 Å². The highest BCUT2D eigenvalue weighted by molar-refractivity contribution is 5.85. The molecular formula is C8H13ClN4. The van der Waals surface area contributed by atoms with Crippen molar-refractivity contribution < 1.29 is 0 Å². The van der Waals surface area contributed by atoms with Gasteiger partial charge in [0, 0.05) is 0 Å². The fourth-order valence-electron chi connectivity index (χ4n) is 0.791. The van der Waals surface area contributed by atoms with E-state index in [-0.39, 0.29) is 18.4 Å². The molecule has 0 radical (unpaired) electrons. The van der Waals surface area contributed by atoms with Gasteiger partial charge in [-0.1, -0.05) is 17.7 Å². The maximum atomic E-state index is 5.36. The number of aryl methyl sites for hydroxylation is 1. The van der Waals surface area contributed by atoms with Crippen molar-refractivity contribution in [2.24, 2.45) is 16.6 Å². The van der Waals surface area contributed by atoms with E-state index in [4.69, 9.17) is 11.6 Å². The van der Waals surface area contributed by atoms with Gasteiger partial charge in [0.25, 0.3) is 0 Å². The zero-order valence-corrected chi connectivity index (χ0v) is 8.14. The van der Waals surface area contributed by atoms with Crippen LogP contribution in [0.15, 0.2) is 29.3 Å². The average molecular weight is 201 g/mol. The number of halogens is 1. The molecule has 5 N–H and O–H groups in total. The van der Waals surface area contributed by atoms with Crippen LogP contribution >= 0.6 is 12.4 Å². The minimum Gasteiger partial charge on any atom is -0.369 e. The smallest absolute Gasteiger partial charge is 0.208 e. The molecule has 4 nitrogen and oxygen atoms in total. The summed E-state index contributed by atoms with van der Waals surface area (Å²) in [6, 6.07) is 7.67. The van der Waals surface area contributed by atoms with Gasteiger partial charge in [0.2, 0.25) is 5.96 Å². The molecule has 0 spiro atoms. The van der Waals surface area contributed by atoms with Crippen molar-refractivity contribution in [2.75, 3.05) is 0 Å². The van der Waals surface area contributed by atoms with Gasteiger partial charge in [0.05, 0.1) is 5.69 Å². The number of nitrogens with one attached hydrogen (secondary N) is 1. The first-order valence-electron chi connectivity index (χ1n) is 3.60. The predicted octanol–water partition coefficient (Wildman–Crippen LogP) is 0.826. The second-order valence-electron chi connectivity index (χ2n) is 2.48. The number of rotatable bonds is 1. The lowest BCUT2D eigenvalue weighted by Crippen LogP contribution is -2.36. The number of nitrogens with two attached hydrogens (primary N) is 2. The summed E-state index contributed by atoms with van der Waals surface area (Å²) < 4.78 is 0. The molecule has 0 aromatic heterocycles. The Kier molecular flexibility index (Phi) is 4.87. The van der Waals surface area contributed by atoms with Gasteiger partial charge in [-0.3, -0.25) is 5.43 Å². The van der Waals surface area contributed by atoms with E-state index in [0.717, 1.165) is 5.69 Å². The number of guanidine groups is 1. The van der Waals surface area contributed by atoms with Crippen LogP contribution in [-0.4, -0.2) is 5.96 Å². The van der Waals surface area contributed by atoms with Crippen molar-refractivity contribution in [3.63, 3.8) is 0 Å². The van der Waals surface area contributed by atoms with E-state index in [2.05, 4.69) is 10.4 Å². The van der Waals surface area contributed by atoms with Crippen molar-refractivity contribution in [3.8, 4) is 0 Å². The van der Waals surface area contributed by atoms with Crippen LogP contribution in [-0.2, 0) is 0 Å². The van der Waals surface area contributed by atoms with Gasteiger partial charge < -0.3 is 5.73 Å². The molecule has 0 unspecified atom stereocenters. The van der Waals surface area contributed by atoms with Crippen LogP contribution < -0.4 is 17.0 Å². The van der Waals surface area contributed by atoms with Crippen LogP contribution in [0.4, 0.5) is 5.69 Å². The summed E-state index contributed by atoms with van der Waals surface area (Å²) in [6.07, 6.45) is 0. The summed E-state index contributed by atoms with van der Waals surface area (Å²) in [5, 5.41) is 0. The second-order valence-corrected chi connectivity index (χ2v) is 2.48. The molecule has 0 aliphatic heterocycles. The molecule has 13 heavy (non-hydrogen) atoms. The van der Waals surface area contributed by atoms with E-state index in [1.165, 1.54) is 5.56 Å². The Morgan fingerprint density at radius 2 is 1.85 bits per heavy atom. The lowest BCUT2D eigenvalue weighted by Gasteiger charge is -1.98. The van der Waals surface area contributed by atoms with E-state index in [9.17, 15) is 0 Å². The molecule has 0 heterocycles. The SMILES string of the molecule is Cc1ccc(N=C(N)NN)cc1.Cl. The summed E-state index contributed by atoms with van der Waals surface area (Å²) in [5.41, 5.74) is 9.59. The third kappa shape index (κ3) is 3.78. The molecule has 0 aliphatic carbocycles. The predicted molar refractivity (Wildman–Crippen MR) is 57.0 cm³/mol. The molecule has 0 atom stereocenters. The number of hydrogen-bond donors (Lipinski definition) is 3. The van der Waals surface area contributed by atoms with Crippen molar-refractivity contribution in [1.82, 2.24) is 5.43 Å². The quantitative estimate of drug-likeness (QED) is 0.272. The van der Waals surface area contributed by atoms with Gasteiger partial charge in [-0.2, -0.15) is 0 Å². The Bertz CT molecular complexity index is 281. The van der Waals surface area contributed by atoms with Crippen molar-refractivity contribution in [1.29, 1.82) is 0 Å². The average Bonchev–Trinajstić information content (AvgIpc) is 2.09. The molecule has 0 fully saturated rings. The fourth-order valence-corrected chi connectivity index (χ4v) is 0.791. The van der Waals surface area contributed by atoms with Gasteiger partial charge in [0.1, 0.15) is 0 Å². The minimum absolute atomic E-state index is 0. The number of aliphatic imine (C=N–C) groups is 1. The molecule has 1 rings (SSSR count). The standard InChI is InChI=1S/C8H12N4.ClH/c1-6-2-4-7(5-3-6)11-8(9)12-10;/h2-5H,10H2,1H3,(H3,9,11,12);1H. The Morgan fingerprint density at radius 3 is 2.31 bits per heavy atom. The zero-order valence-electron chi connectivity index (χ0n) is 7.32. The molecule has 0 saturated carbocycles. The molecule has 0 amide bonds. The highest BCUT2D eigenvalue weighted by Crippen LogP contribution is 2.11. The lowest BCUT2D eigenvalue weighted by molar-refractivity contribution is 1.01. The van der Waals surface area contributed by atoms with Crippen LogP contribution in [0.1, 0.15) is 5.56 Å². The molecule has 1 aromatic carbocycles. The molecule has 0 saturated heterocycles. The summed E-state index contributed by atoms with van der Waals surface area (Å²) in [5.74, 6) is 5.25. The third-order valence-electron chi connectivity index (χ3n) is 1.43. The van der Waals surface area contributed by atoms with Crippen LogP contribution in [0, 0.1) is 6.92 Å². The van der Waals surface area contributed by atoms with E-state index >= 15 is 0 Å². The number of hydrogen-bond acceptors (Lipinski definition) is 2. The molecule has 0 bridgehead atoms. The minimum atomic E-state index is 0. The van der Waals surface area contributed by atoms with E-state index in [1.54, 1.807) is 0 Å². The second kappa shape index (κ2) is 5.40. The topological polar surface area (TPSA) is 76.4 Å². The molecule has 0 aliphatic rings. The van der Waals surface area contributed by atoms with E-state index in [0.29, 0.717) is 0 Å². The summed E-state index contributed by atoms with van der Waals surface area (Å²) in [6.45, 7) is 2.01. The highest BCUT2D eigenvalue weighted by Gasteiger charge is 1.89. The van der Waals surface area contributed by atoms with Crippen LogP contribution in [0.3, 0.4) is 0 Å². The molecular weight excluding hydrogens is 188 g/mol. The Labute approximate surface area is 83.4 Å². The molecule has 1 aromatic rings. The maximum absolute atomic E-state index is 5.36. The van der Waals surface area contributed by atoms with Gasteiger partial charge in [-0.15, -0.1) is 12.4 Å².